The van der Waals surface area contributed by atoms with Gasteiger partial charge in [-0.05, 0) is 36.2 Å². The minimum absolute atomic E-state index is 0.0722. The largest absolute Gasteiger partial charge is 0.398 e. The topological polar surface area (TPSA) is 80.9 Å². The van der Waals surface area contributed by atoms with E-state index in [1.165, 1.54) is 17.5 Å². The van der Waals surface area contributed by atoms with Gasteiger partial charge in [-0.2, -0.15) is 0 Å². The lowest BCUT2D eigenvalue weighted by molar-refractivity contribution is 0.102. The highest BCUT2D eigenvalue weighted by Crippen LogP contribution is 2.24. The van der Waals surface area contributed by atoms with Crippen LogP contribution in [0.2, 0.25) is 0 Å². The molecule has 0 saturated carbocycles. The van der Waals surface area contributed by atoms with Gasteiger partial charge in [0, 0.05) is 11.1 Å². The molecule has 1 aromatic heterocycles. The van der Waals surface area contributed by atoms with Crippen molar-refractivity contribution in [1.29, 1.82) is 0 Å². The lowest BCUT2D eigenvalue weighted by atomic mass is 10.1. The van der Waals surface area contributed by atoms with Gasteiger partial charge in [-0.1, -0.05) is 4.49 Å². The van der Waals surface area contributed by atoms with Crippen LogP contribution in [0.5, 0.6) is 0 Å². The van der Waals surface area contributed by atoms with E-state index in [9.17, 15) is 9.18 Å². The summed E-state index contributed by atoms with van der Waals surface area (Å²) in [6.45, 7) is 1.63. The molecule has 2 aromatic rings. The van der Waals surface area contributed by atoms with Gasteiger partial charge >= 0.3 is 0 Å². The Morgan fingerprint density at radius 3 is 2.94 bits per heavy atom. The van der Waals surface area contributed by atoms with Crippen molar-refractivity contribution in [2.24, 2.45) is 0 Å². The minimum Gasteiger partial charge on any atom is -0.398 e. The highest BCUT2D eigenvalue weighted by atomic mass is 32.1. The smallest absolute Gasteiger partial charge is 0.277 e. The third-order valence-corrected chi connectivity index (χ3v) is 2.79. The van der Waals surface area contributed by atoms with E-state index in [-0.39, 0.29) is 11.4 Å². The zero-order valence-corrected chi connectivity index (χ0v) is 9.71. The molecule has 0 unspecified atom stereocenters. The van der Waals surface area contributed by atoms with Gasteiger partial charge in [-0.3, -0.25) is 4.79 Å². The van der Waals surface area contributed by atoms with Gasteiger partial charge in [0.2, 0.25) is 0 Å². The van der Waals surface area contributed by atoms with Gasteiger partial charge in [0.1, 0.15) is 5.82 Å². The highest BCUT2D eigenvalue weighted by molar-refractivity contribution is 7.03. The number of anilines is 2. The van der Waals surface area contributed by atoms with Crippen molar-refractivity contribution in [3.8, 4) is 0 Å². The second kappa shape index (κ2) is 4.46. The average molecular weight is 252 g/mol. The summed E-state index contributed by atoms with van der Waals surface area (Å²) in [5.74, 6) is -1.04. The fraction of sp³-hybridized carbons (Fsp3) is 0.100. The van der Waals surface area contributed by atoms with Crippen LogP contribution in [0.1, 0.15) is 16.1 Å². The van der Waals surface area contributed by atoms with E-state index in [4.69, 9.17) is 5.73 Å². The summed E-state index contributed by atoms with van der Waals surface area (Å²) >= 11 is 1.05. The summed E-state index contributed by atoms with van der Waals surface area (Å²) in [5.41, 5.74) is 6.76. The minimum atomic E-state index is -0.534. The predicted octanol–water partition coefficient (Wildman–Crippen LogP) is 1.82. The molecule has 2 rings (SSSR count). The van der Waals surface area contributed by atoms with Crippen molar-refractivity contribution in [3.05, 3.63) is 34.6 Å². The summed E-state index contributed by atoms with van der Waals surface area (Å²) in [7, 11) is 0. The summed E-state index contributed by atoms with van der Waals surface area (Å²) in [5, 5.41) is 7.51. The molecule has 1 aromatic carbocycles. The first kappa shape index (κ1) is 11.5. The monoisotopic (exact) mass is 252 g/mol. The lowest BCUT2D eigenvalue weighted by Crippen LogP contribution is -2.15. The van der Waals surface area contributed by atoms with E-state index in [0.717, 1.165) is 11.5 Å². The van der Waals surface area contributed by atoms with Gasteiger partial charge in [0.15, 0.2) is 5.69 Å². The number of nitrogens with zero attached hydrogens (tertiary/aromatic N) is 2. The van der Waals surface area contributed by atoms with Gasteiger partial charge in [-0.25, -0.2) is 4.39 Å². The van der Waals surface area contributed by atoms with Crippen LogP contribution in [0.25, 0.3) is 0 Å². The Kier molecular flexibility index (Phi) is 3.01. The van der Waals surface area contributed by atoms with Crippen LogP contribution < -0.4 is 11.1 Å². The Labute approximate surface area is 101 Å². The van der Waals surface area contributed by atoms with Crippen LogP contribution in [0.4, 0.5) is 15.8 Å². The fourth-order valence-corrected chi connectivity index (χ4v) is 1.73. The quantitative estimate of drug-likeness (QED) is 0.799. The number of nitrogens with two attached hydrogens (primary N) is 1. The molecular formula is C10H9FN4OS. The lowest BCUT2D eigenvalue weighted by Gasteiger charge is -2.10. The van der Waals surface area contributed by atoms with Gasteiger partial charge in [0.05, 0.1) is 5.69 Å². The Bertz CT molecular complexity index is 556. The number of carbonyl (C=O) groups excluding carboxylic acids is 1. The number of nitrogen functional groups attached to an aromatic ring is 1. The van der Waals surface area contributed by atoms with Crippen LogP contribution in [-0.2, 0) is 0 Å². The third kappa shape index (κ3) is 2.23. The van der Waals surface area contributed by atoms with Crippen LogP contribution in [-0.4, -0.2) is 15.5 Å². The van der Waals surface area contributed by atoms with Crippen molar-refractivity contribution in [2.45, 2.75) is 6.92 Å². The van der Waals surface area contributed by atoms with E-state index in [1.54, 1.807) is 6.92 Å². The Hall–Kier alpha value is -2.02. The van der Waals surface area contributed by atoms with Crippen molar-refractivity contribution < 1.29 is 9.18 Å². The normalized spacial score (nSPS) is 10.2. The summed E-state index contributed by atoms with van der Waals surface area (Å²) in [6, 6.07) is 2.65. The number of hydrogen-bond donors (Lipinski definition) is 2. The molecule has 0 radical (unpaired) electrons. The molecule has 0 aliphatic rings. The van der Waals surface area contributed by atoms with Gasteiger partial charge in [-0.15, -0.1) is 5.10 Å². The number of amides is 1. The summed E-state index contributed by atoms with van der Waals surface area (Å²) in [4.78, 5) is 11.7. The first-order valence-corrected chi connectivity index (χ1v) is 5.56. The maximum atomic E-state index is 13.5. The molecule has 3 N–H and O–H groups in total. The van der Waals surface area contributed by atoms with E-state index >= 15 is 0 Å². The zero-order valence-electron chi connectivity index (χ0n) is 8.90. The maximum Gasteiger partial charge on any atom is 0.277 e. The van der Waals surface area contributed by atoms with Gasteiger partial charge in [0.25, 0.3) is 5.91 Å². The predicted molar refractivity (Wildman–Crippen MR) is 63.4 cm³/mol. The number of nitrogens with one attached hydrogen (secondary N) is 1. The second-order valence-electron chi connectivity index (χ2n) is 3.38. The van der Waals surface area contributed by atoms with Crippen molar-refractivity contribution in [1.82, 2.24) is 9.59 Å². The molecule has 17 heavy (non-hydrogen) atoms. The zero-order chi connectivity index (χ0) is 12.4. The Balaban J connectivity index is 2.31. The van der Waals surface area contributed by atoms with Crippen molar-refractivity contribution in [2.75, 3.05) is 11.1 Å². The van der Waals surface area contributed by atoms with Crippen molar-refractivity contribution in [3.63, 3.8) is 0 Å². The van der Waals surface area contributed by atoms with Crippen LogP contribution in [0.3, 0.4) is 0 Å². The molecule has 0 spiro atoms. The summed E-state index contributed by atoms with van der Waals surface area (Å²) < 4.78 is 17.1. The van der Waals surface area contributed by atoms with E-state index in [0.29, 0.717) is 11.3 Å². The summed E-state index contributed by atoms with van der Waals surface area (Å²) in [6.07, 6.45) is 0. The van der Waals surface area contributed by atoms with Crippen LogP contribution in [0, 0.1) is 12.7 Å². The molecule has 0 aliphatic heterocycles. The van der Waals surface area contributed by atoms with Crippen LogP contribution in [0.15, 0.2) is 17.5 Å². The molecule has 0 saturated heterocycles. The van der Waals surface area contributed by atoms with Crippen molar-refractivity contribution >= 4 is 28.8 Å². The second-order valence-corrected chi connectivity index (χ2v) is 3.99. The molecule has 5 nitrogen and oxygen atoms in total. The Morgan fingerprint density at radius 2 is 2.29 bits per heavy atom. The number of aromatic nitrogens is 2. The van der Waals surface area contributed by atoms with E-state index < -0.39 is 11.7 Å². The van der Waals surface area contributed by atoms with Gasteiger partial charge < -0.3 is 11.1 Å². The fourth-order valence-electron chi connectivity index (χ4n) is 1.29. The number of benzene rings is 1. The number of halogens is 1. The molecule has 0 atom stereocenters. The standard InChI is InChI=1S/C10H9FN4OS/c1-5-7(12)3-2-6(11)9(5)13-10(16)8-4-17-15-14-8/h2-4H,12H2,1H3,(H,13,16). The van der Waals surface area contributed by atoms with Crippen LogP contribution >= 0.6 is 11.5 Å². The number of hydrogen-bond acceptors (Lipinski definition) is 5. The first-order chi connectivity index (χ1) is 8.09. The highest BCUT2D eigenvalue weighted by Gasteiger charge is 2.14. The number of rotatable bonds is 2. The number of carbonyl (C=O) groups is 1. The molecule has 0 bridgehead atoms. The maximum absolute atomic E-state index is 13.5. The Morgan fingerprint density at radius 1 is 1.53 bits per heavy atom. The molecule has 1 amide bonds. The molecule has 0 fully saturated rings. The average Bonchev–Trinajstić information content (AvgIpc) is 2.83. The first-order valence-electron chi connectivity index (χ1n) is 4.72. The molecule has 88 valence electrons. The third-order valence-electron chi connectivity index (χ3n) is 2.29. The van der Waals surface area contributed by atoms with E-state index in [2.05, 4.69) is 14.9 Å². The SMILES string of the molecule is Cc1c(N)ccc(F)c1NC(=O)c1csnn1. The molecular weight excluding hydrogens is 243 g/mol. The molecule has 0 aliphatic carbocycles. The molecule has 1 heterocycles. The van der Waals surface area contributed by atoms with E-state index in [1.807, 2.05) is 0 Å². The molecule has 7 heteroatoms.